The highest BCUT2D eigenvalue weighted by Gasteiger charge is 2.12. The zero-order valence-corrected chi connectivity index (χ0v) is 10.1. The van der Waals surface area contributed by atoms with Gasteiger partial charge in [-0.25, -0.2) is 4.79 Å². The van der Waals surface area contributed by atoms with Gasteiger partial charge >= 0.3 is 5.69 Å². The number of nitrogens with zero attached hydrogens (tertiary/aromatic N) is 3. The van der Waals surface area contributed by atoms with Crippen LogP contribution in [0.2, 0.25) is 0 Å². The highest BCUT2D eigenvalue weighted by atomic mass is 16.2. The summed E-state index contributed by atoms with van der Waals surface area (Å²) in [5.41, 5.74) is 4.80. The average molecular weight is 240 g/mol. The Morgan fingerprint density at radius 3 is 2.53 bits per heavy atom. The molecule has 7 nitrogen and oxygen atoms in total. The third kappa shape index (κ3) is 2.62. The molecule has 0 radical (unpaired) electrons. The maximum Gasteiger partial charge on any atom is 0.330 e. The van der Waals surface area contributed by atoms with Gasteiger partial charge in [0.15, 0.2) is 0 Å². The summed E-state index contributed by atoms with van der Waals surface area (Å²) in [6.07, 6.45) is 1.44. The van der Waals surface area contributed by atoms with Gasteiger partial charge in [-0.3, -0.25) is 14.2 Å². The SMILES string of the molecule is CN(Cc1cn(C)c(=O)n(C)c1=O)C(=O)CN. The highest BCUT2D eigenvalue weighted by molar-refractivity contribution is 5.77. The molecule has 1 aromatic heterocycles. The molecule has 0 saturated heterocycles. The second kappa shape index (κ2) is 4.96. The highest BCUT2D eigenvalue weighted by Crippen LogP contribution is 1.95. The van der Waals surface area contributed by atoms with Crippen molar-refractivity contribution in [2.45, 2.75) is 6.54 Å². The van der Waals surface area contributed by atoms with Crippen LogP contribution in [0.4, 0.5) is 0 Å². The molecule has 0 saturated carbocycles. The molecule has 0 aliphatic heterocycles. The number of rotatable bonds is 3. The minimum atomic E-state index is -0.398. The fraction of sp³-hybridized carbons (Fsp3) is 0.500. The van der Waals surface area contributed by atoms with E-state index in [0.29, 0.717) is 5.56 Å². The van der Waals surface area contributed by atoms with E-state index in [1.54, 1.807) is 14.1 Å². The van der Waals surface area contributed by atoms with E-state index in [-0.39, 0.29) is 19.0 Å². The Kier molecular flexibility index (Phi) is 3.84. The van der Waals surface area contributed by atoms with Crippen molar-refractivity contribution in [3.05, 3.63) is 32.6 Å². The third-order valence-corrected chi connectivity index (χ3v) is 2.53. The van der Waals surface area contributed by atoms with Gasteiger partial charge in [0.2, 0.25) is 5.91 Å². The third-order valence-electron chi connectivity index (χ3n) is 2.53. The Morgan fingerprint density at radius 1 is 1.41 bits per heavy atom. The first-order valence-electron chi connectivity index (χ1n) is 5.08. The monoisotopic (exact) mass is 240 g/mol. The molecule has 0 aliphatic rings. The van der Waals surface area contributed by atoms with Gasteiger partial charge in [0.25, 0.3) is 5.56 Å². The number of aryl methyl sites for hydroxylation is 1. The first-order chi connectivity index (χ1) is 7.88. The number of likely N-dealkylation sites (N-methyl/N-ethyl adjacent to an activating group) is 1. The minimum absolute atomic E-state index is 0.109. The zero-order valence-electron chi connectivity index (χ0n) is 10.1. The van der Waals surface area contributed by atoms with E-state index in [2.05, 4.69) is 0 Å². The van der Waals surface area contributed by atoms with Crippen molar-refractivity contribution >= 4 is 5.91 Å². The molecule has 0 fully saturated rings. The Hall–Kier alpha value is -1.89. The number of hydrogen-bond donors (Lipinski definition) is 1. The molecule has 0 aromatic carbocycles. The summed E-state index contributed by atoms with van der Waals surface area (Å²) in [6.45, 7) is 0.0272. The molecule has 2 N–H and O–H groups in total. The number of aromatic nitrogens is 2. The van der Waals surface area contributed by atoms with Gasteiger partial charge in [0.05, 0.1) is 18.7 Å². The van der Waals surface area contributed by atoms with Crippen LogP contribution < -0.4 is 17.0 Å². The quantitative estimate of drug-likeness (QED) is 0.661. The van der Waals surface area contributed by atoms with Gasteiger partial charge in [0.1, 0.15) is 0 Å². The molecule has 1 amide bonds. The Labute approximate surface area is 98.1 Å². The van der Waals surface area contributed by atoms with Crippen molar-refractivity contribution in [3.8, 4) is 0 Å². The molecule has 7 heteroatoms. The number of carbonyl (C=O) groups is 1. The summed E-state index contributed by atoms with van der Waals surface area (Å²) in [4.78, 5) is 35.8. The second-order valence-electron chi connectivity index (χ2n) is 3.87. The van der Waals surface area contributed by atoms with Crippen molar-refractivity contribution in [3.63, 3.8) is 0 Å². The van der Waals surface area contributed by atoms with Gasteiger partial charge in [-0.15, -0.1) is 0 Å². The Balaban J connectivity index is 3.13. The summed E-state index contributed by atoms with van der Waals surface area (Å²) in [6, 6.07) is 0. The lowest BCUT2D eigenvalue weighted by Crippen LogP contribution is -2.41. The molecule has 0 aliphatic carbocycles. The fourth-order valence-corrected chi connectivity index (χ4v) is 1.49. The number of nitrogens with two attached hydrogens (primary N) is 1. The van der Waals surface area contributed by atoms with E-state index in [1.165, 1.54) is 22.7 Å². The van der Waals surface area contributed by atoms with Gasteiger partial charge in [-0.1, -0.05) is 0 Å². The number of hydrogen-bond acceptors (Lipinski definition) is 4. The fourth-order valence-electron chi connectivity index (χ4n) is 1.49. The molecular formula is C10H16N4O3. The van der Waals surface area contributed by atoms with Crippen LogP contribution in [0.1, 0.15) is 5.56 Å². The van der Waals surface area contributed by atoms with Crippen LogP contribution in [0, 0.1) is 0 Å². The van der Waals surface area contributed by atoms with Crippen LogP contribution in [0.3, 0.4) is 0 Å². The lowest BCUT2D eigenvalue weighted by molar-refractivity contribution is -0.128. The average Bonchev–Trinajstić information content (AvgIpc) is 2.32. The second-order valence-corrected chi connectivity index (χ2v) is 3.87. The van der Waals surface area contributed by atoms with Gasteiger partial charge in [0, 0.05) is 27.3 Å². The van der Waals surface area contributed by atoms with Crippen molar-refractivity contribution in [2.75, 3.05) is 13.6 Å². The van der Waals surface area contributed by atoms with Crippen molar-refractivity contribution < 1.29 is 4.79 Å². The molecule has 0 bridgehead atoms. The molecular weight excluding hydrogens is 224 g/mol. The predicted octanol–water partition coefficient (Wildman–Crippen LogP) is -2.00. The van der Waals surface area contributed by atoms with Crippen molar-refractivity contribution in [1.29, 1.82) is 0 Å². The van der Waals surface area contributed by atoms with E-state index in [0.717, 1.165) is 4.57 Å². The lowest BCUT2D eigenvalue weighted by atomic mass is 10.3. The molecule has 1 heterocycles. The largest absolute Gasteiger partial charge is 0.340 e. The normalized spacial score (nSPS) is 10.4. The predicted molar refractivity (Wildman–Crippen MR) is 62.5 cm³/mol. The summed E-state index contributed by atoms with van der Waals surface area (Å²) in [5.74, 6) is -0.263. The summed E-state index contributed by atoms with van der Waals surface area (Å²) in [7, 11) is 4.51. The van der Waals surface area contributed by atoms with E-state index >= 15 is 0 Å². The van der Waals surface area contributed by atoms with Gasteiger partial charge in [-0.2, -0.15) is 0 Å². The van der Waals surface area contributed by atoms with E-state index in [4.69, 9.17) is 5.73 Å². The van der Waals surface area contributed by atoms with Crippen LogP contribution in [-0.4, -0.2) is 33.5 Å². The summed E-state index contributed by atoms with van der Waals surface area (Å²) >= 11 is 0. The van der Waals surface area contributed by atoms with Gasteiger partial charge < -0.3 is 15.2 Å². The van der Waals surface area contributed by atoms with Crippen LogP contribution in [0.5, 0.6) is 0 Å². The molecule has 1 aromatic rings. The lowest BCUT2D eigenvalue weighted by Gasteiger charge is -2.16. The maximum atomic E-state index is 11.8. The Bertz CT molecular complexity index is 543. The minimum Gasteiger partial charge on any atom is -0.340 e. The topological polar surface area (TPSA) is 90.3 Å². The van der Waals surface area contributed by atoms with Gasteiger partial charge in [-0.05, 0) is 0 Å². The molecule has 0 spiro atoms. The summed E-state index contributed by atoms with van der Waals surface area (Å²) < 4.78 is 2.31. The smallest absolute Gasteiger partial charge is 0.330 e. The Morgan fingerprint density at radius 2 is 2.00 bits per heavy atom. The maximum absolute atomic E-state index is 11.8. The number of amides is 1. The van der Waals surface area contributed by atoms with Crippen molar-refractivity contribution in [2.24, 2.45) is 19.8 Å². The van der Waals surface area contributed by atoms with Crippen molar-refractivity contribution in [1.82, 2.24) is 14.0 Å². The van der Waals surface area contributed by atoms with Crippen LogP contribution in [0.25, 0.3) is 0 Å². The summed E-state index contributed by atoms with van der Waals surface area (Å²) in [5, 5.41) is 0. The molecule has 94 valence electrons. The molecule has 17 heavy (non-hydrogen) atoms. The zero-order chi connectivity index (χ0) is 13.2. The number of carbonyl (C=O) groups excluding carboxylic acids is 1. The van der Waals surface area contributed by atoms with E-state index < -0.39 is 11.2 Å². The van der Waals surface area contributed by atoms with E-state index in [9.17, 15) is 14.4 Å². The molecule has 0 unspecified atom stereocenters. The molecule has 1 rings (SSSR count). The standard InChI is InChI=1S/C10H16N4O3/c1-12(8(15)4-11)5-7-6-13(2)10(17)14(3)9(7)16/h6H,4-5,11H2,1-3H3. The van der Waals surface area contributed by atoms with Crippen LogP contribution >= 0.6 is 0 Å². The first kappa shape index (κ1) is 13.2. The van der Waals surface area contributed by atoms with Crippen LogP contribution in [0.15, 0.2) is 15.8 Å². The van der Waals surface area contributed by atoms with E-state index in [1.807, 2.05) is 0 Å². The van der Waals surface area contributed by atoms with Crippen LogP contribution in [-0.2, 0) is 25.4 Å². The molecule has 0 atom stereocenters. The first-order valence-corrected chi connectivity index (χ1v) is 5.08.